The van der Waals surface area contributed by atoms with Crippen molar-refractivity contribution in [2.75, 3.05) is 6.54 Å². The summed E-state index contributed by atoms with van der Waals surface area (Å²) in [5.41, 5.74) is 2.08. The van der Waals surface area contributed by atoms with Crippen LogP contribution in [0.2, 0.25) is 5.02 Å². The largest absolute Gasteiger partial charge is 0.314 e. The highest BCUT2D eigenvalue weighted by atomic mass is 35.5. The first-order valence-electron chi connectivity index (χ1n) is 6.33. The molecule has 0 amide bonds. The molecule has 1 N–H and O–H groups in total. The quantitative estimate of drug-likeness (QED) is 0.849. The van der Waals surface area contributed by atoms with E-state index in [0.717, 1.165) is 35.8 Å². The second kappa shape index (κ2) is 6.41. The van der Waals surface area contributed by atoms with E-state index in [9.17, 15) is 0 Å². The van der Waals surface area contributed by atoms with E-state index in [1.54, 1.807) is 0 Å². The molecule has 0 aliphatic heterocycles. The topological polar surface area (TPSA) is 29.9 Å². The lowest BCUT2D eigenvalue weighted by Gasteiger charge is -2.14. The van der Waals surface area contributed by atoms with Crippen LogP contribution in [-0.4, -0.2) is 22.4 Å². The van der Waals surface area contributed by atoms with Gasteiger partial charge in [-0.25, -0.2) is 0 Å². The first-order chi connectivity index (χ1) is 7.91. The van der Waals surface area contributed by atoms with Crippen molar-refractivity contribution in [3.05, 3.63) is 16.4 Å². The van der Waals surface area contributed by atoms with Gasteiger partial charge >= 0.3 is 0 Å². The van der Waals surface area contributed by atoms with Gasteiger partial charge in [0.15, 0.2) is 0 Å². The average molecular weight is 258 g/mol. The van der Waals surface area contributed by atoms with Gasteiger partial charge in [-0.05, 0) is 32.2 Å². The number of aromatic nitrogens is 2. The van der Waals surface area contributed by atoms with E-state index in [-0.39, 0.29) is 0 Å². The van der Waals surface area contributed by atoms with Crippen molar-refractivity contribution in [3.8, 4) is 0 Å². The number of hydrogen-bond donors (Lipinski definition) is 1. The number of halogens is 1. The van der Waals surface area contributed by atoms with Crippen LogP contribution in [0.5, 0.6) is 0 Å². The molecule has 1 aromatic rings. The fraction of sp³-hybridized carbons (Fsp3) is 0.769. The lowest BCUT2D eigenvalue weighted by atomic mass is 10.0. The fourth-order valence-electron chi connectivity index (χ4n) is 1.87. The van der Waals surface area contributed by atoms with Crippen LogP contribution >= 0.6 is 11.6 Å². The summed E-state index contributed by atoms with van der Waals surface area (Å²) in [6.07, 6.45) is 2.13. The Morgan fingerprint density at radius 1 is 1.35 bits per heavy atom. The molecule has 1 unspecified atom stereocenters. The zero-order valence-electron chi connectivity index (χ0n) is 11.5. The highest BCUT2D eigenvalue weighted by Crippen LogP contribution is 2.21. The van der Waals surface area contributed by atoms with Crippen LogP contribution in [-0.2, 0) is 13.5 Å². The summed E-state index contributed by atoms with van der Waals surface area (Å²) < 4.78 is 1.90. The smallest absolute Gasteiger partial charge is 0.0846 e. The molecular weight excluding hydrogens is 234 g/mol. The summed E-state index contributed by atoms with van der Waals surface area (Å²) >= 11 is 6.23. The zero-order valence-corrected chi connectivity index (χ0v) is 12.3. The SMILES string of the molecule is Cc1nn(C)c(CCC(C)CNC(C)C)c1Cl. The summed E-state index contributed by atoms with van der Waals surface area (Å²) in [4.78, 5) is 0. The summed E-state index contributed by atoms with van der Waals surface area (Å²) in [5.74, 6) is 0.656. The molecule has 0 saturated carbocycles. The third kappa shape index (κ3) is 4.32. The van der Waals surface area contributed by atoms with E-state index in [1.807, 2.05) is 18.7 Å². The Bertz CT molecular complexity index is 358. The highest BCUT2D eigenvalue weighted by Gasteiger charge is 2.12. The Kier molecular flexibility index (Phi) is 5.47. The van der Waals surface area contributed by atoms with Crippen molar-refractivity contribution in [1.29, 1.82) is 0 Å². The Hall–Kier alpha value is -0.540. The minimum Gasteiger partial charge on any atom is -0.314 e. The van der Waals surface area contributed by atoms with Crippen LogP contribution in [0.15, 0.2) is 0 Å². The highest BCUT2D eigenvalue weighted by molar-refractivity contribution is 6.31. The zero-order chi connectivity index (χ0) is 13.0. The minimum absolute atomic E-state index is 0.556. The molecule has 0 saturated heterocycles. The maximum atomic E-state index is 6.23. The van der Waals surface area contributed by atoms with Gasteiger partial charge in [0.05, 0.1) is 16.4 Å². The second-order valence-corrected chi connectivity index (χ2v) is 5.55. The summed E-state index contributed by atoms with van der Waals surface area (Å²) in [6, 6.07) is 0.556. The fourth-order valence-corrected chi connectivity index (χ4v) is 2.13. The Balaban J connectivity index is 2.44. The van der Waals surface area contributed by atoms with E-state index >= 15 is 0 Å². The van der Waals surface area contributed by atoms with Gasteiger partial charge in [0.25, 0.3) is 0 Å². The van der Waals surface area contributed by atoms with Gasteiger partial charge in [0.1, 0.15) is 0 Å². The molecule has 1 atom stereocenters. The molecule has 0 aromatic carbocycles. The van der Waals surface area contributed by atoms with Gasteiger partial charge in [-0.2, -0.15) is 5.10 Å². The maximum absolute atomic E-state index is 6.23. The number of rotatable bonds is 6. The molecule has 0 fully saturated rings. The first kappa shape index (κ1) is 14.5. The average Bonchev–Trinajstić information content (AvgIpc) is 2.48. The standard InChI is InChI=1S/C13H24ClN3/c1-9(2)15-8-10(3)6-7-12-13(14)11(4)16-17(12)5/h9-10,15H,6-8H2,1-5H3. The number of aryl methyl sites for hydroxylation is 2. The van der Waals surface area contributed by atoms with Crippen molar-refractivity contribution >= 4 is 11.6 Å². The Morgan fingerprint density at radius 3 is 2.47 bits per heavy atom. The van der Waals surface area contributed by atoms with Crippen molar-refractivity contribution in [2.45, 2.75) is 46.6 Å². The molecule has 1 heterocycles. The molecule has 1 aromatic heterocycles. The molecule has 1 rings (SSSR count). The number of nitrogens with zero attached hydrogens (tertiary/aromatic N) is 2. The van der Waals surface area contributed by atoms with Crippen LogP contribution < -0.4 is 5.32 Å². The first-order valence-corrected chi connectivity index (χ1v) is 6.71. The molecule has 0 aliphatic rings. The van der Waals surface area contributed by atoms with Gasteiger partial charge in [-0.15, -0.1) is 0 Å². The maximum Gasteiger partial charge on any atom is 0.0846 e. The monoisotopic (exact) mass is 257 g/mol. The molecule has 0 spiro atoms. The van der Waals surface area contributed by atoms with Gasteiger partial charge in [-0.1, -0.05) is 32.4 Å². The predicted molar refractivity (Wildman–Crippen MR) is 73.6 cm³/mol. The Morgan fingerprint density at radius 2 is 2.00 bits per heavy atom. The van der Waals surface area contributed by atoms with E-state index < -0.39 is 0 Å². The van der Waals surface area contributed by atoms with Gasteiger partial charge in [0, 0.05) is 13.1 Å². The van der Waals surface area contributed by atoms with Crippen LogP contribution in [0.1, 0.15) is 38.6 Å². The number of nitrogens with one attached hydrogen (secondary N) is 1. The molecule has 0 radical (unpaired) electrons. The van der Waals surface area contributed by atoms with Crippen LogP contribution in [0, 0.1) is 12.8 Å². The molecule has 98 valence electrons. The third-order valence-electron chi connectivity index (χ3n) is 3.01. The van der Waals surface area contributed by atoms with Crippen molar-refractivity contribution in [2.24, 2.45) is 13.0 Å². The lowest BCUT2D eigenvalue weighted by Crippen LogP contribution is -2.28. The van der Waals surface area contributed by atoms with Crippen LogP contribution in [0.25, 0.3) is 0 Å². The van der Waals surface area contributed by atoms with E-state index in [1.165, 1.54) is 0 Å². The van der Waals surface area contributed by atoms with E-state index in [4.69, 9.17) is 11.6 Å². The van der Waals surface area contributed by atoms with Gasteiger partial charge < -0.3 is 5.32 Å². The normalized spacial score (nSPS) is 13.4. The molecular formula is C13H24ClN3. The van der Waals surface area contributed by atoms with Gasteiger partial charge in [-0.3, -0.25) is 4.68 Å². The predicted octanol–water partition coefficient (Wildman–Crippen LogP) is 2.95. The molecule has 0 aliphatic carbocycles. The van der Waals surface area contributed by atoms with Crippen LogP contribution in [0.4, 0.5) is 0 Å². The van der Waals surface area contributed by atoms with Crippen LogP contribution in [0.3, 0.4) is 0 Å². The van der Waals surface area contributed by atoms with Crippen molar-refractivity contribution in [1.82, 2.24) is 15.1 Å². The van der Waals surface area contributed by atoms with Crippen molar-refractivity contribution < 1.29 is 0 Å². The molecule has 17 heavy (non-hydrogen) atoms. The summed E-state index contributed by atoms with van der Waals surface area (Å²) in [5, 5.41) is 8.62. The molecule has 4 heteroatoms. The van der Waals surface area contributed by atoms with E-state index in [0.29, 0.717) is 12.0 Å². The second-order valence-electron chi connectivity index (χ2n) is 5.18. The third-order valence-corrected chi connectivity index (χ3v) is 3.50. The number of hydrogen-bond acceptors (Lipinski definition) is 2. The summed E-state index contributed by atoms with van der Waals surface area (Å²) in [6.45, 7) is 9.64. The summed E-state index contributed by atoms with van der Waals surface area (Å²) in [7, 11) is 1.96. The van der Waals surface area contributed by atoms with Gasteiger partial charge in [0.2, 0.25) is 0 Å². The Labute approximate surface area is 110 Å². The molecule has 3 nitrogen and oxygen atoms in total. The van der Waals surface area contributed by atoms with E-state index in [2.05, 4.69) is 31.2 Å². The molecule has 0 bridgehead atoms. The lowest BCUT2D eigenvalue weighted by molar-refractivity contribution is 0.449. The van der Waals surface area contributed by atoms with Crippen molar-refractivity contribution in [3.63, 3.8) is 0 Å². The minimum atomic E-state index is 0.556.